The normalized spacial score (nSPS) is 16.2. The van der Waals surface area contributed by atoms with Gasteiger partial charge in [0.05, 0.1) is 25.2 Å². The standard InChI is InChI=1S/C19H27N3O3/c1-2-3-13-24-17-9-7-16(8-10-17)21-19(23)22(12-5-11-20)15-18-6-4-14-25-18/h7-10,18H,2-6,12-15H2,1H3,(H,21,23). The highest BCUT2D eigenvalue weighted by atomic mass is 16.5. The zero-order valence-electron chi connectivity index (χ0n) is 14.9. The van der Waals surface area contributed by atoms with Gasteiger partial charge in [-0.25, -0.2) is 4.79 Å². The van der Waals surface area contributed by atoms with Gasteiger partial charge in [-0.15, -0.1) is 0 Å². The van der Waals surface area contributed by atoms with Gasteiger partial charge in [-0.3, -0.25) is 0 Å². The smallest absolute Gasteiger partial charge is 0.321 e. The topological polar surface area (TPSA) is 74.6 Å². The summed E-state index contributed by atoms with van der Waals surface area (Å²) in [6.45, 7) is 4.49. The van der Waals surface area contributed by atoms with Gasteiger partial charge >= 0.3 is 6.03 Å². The van der Waals surface area contributed by atoms with Crippen molar-refractivity contribution in [2.45, 2.75) is 45.1 Å². The number of carbonyl (C=O) groups excluding carboxylic acids is 1. The van der Waals surface area contributed by atoms with Crippen molar-refractivity contribution in [3.05, 3.63) is 24.3 Å². The Morgan fingerprint density at radius 3 is 2.88 bits per heavy atom. The van der Waals surface area contributed by atoms with Gasteiger partial charge < -0.3 is 19.7 Å². The van der Waals surface area contributed by atoms with Gasteiger partial charge in [0.1, 0.15) is 5.75 Å². The molecule has 0 radical (unpaired) electrons. The number of nitrogens with one attached hydrogen (secondary N) is 1. The number of rotatable bonds is 9. The van der Waals surface area contributed by atoms with Gasteiger partial charge in [0, 0.05) is 25.4 Å². The molecule has 1 heterocycles. The fourth-order valence-electron chi connectivity index (χ4n) is 2.67. The minimum Gasteiger partial charge on any atom is -0.494 e. The Labute approximate surface area is 149 Å². The van der Waals surface area contributed by atoms with E-state index in [1.807, 2.05) is 24.3 Å². The number of urea groups is 1. The molecule has 1 saturated heterocycles. The van der Waals surface area contributed by atoms with Gasteiger partial charge in [-0.1, -0.05) is 13.3 Å². The molecule has 0 aliphatic carbocycles. The lowest BCUT2D eigenvalue weighted by molar-refractivity contribution is 0.0841. The van der Waals surface area contributed by atoms with Crippen molar-refractivity contribution in [2.75, 3.05) is 31.6 Å². The van der Waals surface area contributed by atoms with E-state index in [0.717, 1.165) is 38.0 Å². The summed E-state index contributed by atoms with van der Waals surface area (Å²) >= 11 is 0. The molecule has 0 saturated carbocycles. The maximum atomic E-state index is 12.5. The molecule has 0 aromatic heterocycles. The van der Waals surface area contributed by atoms with Gasteiger partial charge in [-0.2, -0.15) is 5.26 Å². The van der Waals surface area contributed by atoms with Crippen LogP contribution < -0.4 is 10.1 Å². The Morgan fingerprint density at radius 1 is 1.44 bits per heavy atom. The molecule has 0 spiro atoms. The van der Waals surface area contributed by atoms with E-state index in [4.69, 9.17) is 14.7 Å². The largest absolute Gasteiger partial charge is 0.494 e. The van der Waals surface area contributed by atoms with Crippen LogP contribution in [0.2, 0.25) is 0 Å². The number of nitriles is 1. The third kappa shape index (κ3) is 6.63. The highest BCUT2D eigenvalue weighted by Gasteiger charge is 2.22. The Hall–Kier alpha value is -2.26. The summed E-state index contributed by atoms with van der Waals surface area (Å²) in [7, 11) is 0. The lowest BCUT2D eigenvalue weighted by atomic mass is 10.2. The Bertz CT molecular complexity index is 562. The average Bonchev–Trinajstić information content (AvgIpc) is 3.13. The zero-order valence-corrected chi connectivity index (χ0v) is 14.9. The first kappa shape index (κ1) is 19.1. The summed E-state index contributed by atoms with van der Waals surface area (Å²) in [4.78, 5) is 14.2. The zero-order chi connectivity index (χ0) is 17.9. The molecule has 1 aromatic rings. The maximum Gasteiger partial charge on any atom is 0.321 e. The fraction of sp³-hybridized carbons (Fsp3) is 0.579. The van der Waals surface area contributed by atoms with Crippen molar-refractivity contribution in [1.29, 1.82) is 5.26 Å². The number of hydrogen-bond donors (Lipinski definition) is 1. The molecule has 1 aliphatic heterocycles. The minimum absolute atomic E-state index is 0.0683. The summed E-state index contributed by atoms with van der Waals surface area (Å²) in [5.74, 6) is 0.798. The molecule has 6 nitrogen and oxygen atoms in total. The van der Waals surface area contributed by atoms with Crippen LogP contribution in [0.1, 0.15) is 39.0 Å². The number of nitrogens with zero attached hydrogens (tertiary/aromatic N) is 2. The number of carbonyl (C=O) groups is 1. The first-order valence-electron chi connectivity index (χ1n) is 9.00. The van der Waals surface area contributed by atoms with Crippen LogP contribution in [-0.4, -0.2) is 43.3 Å². The number of unbranched alkanes of at least 4 members (excludes halogenated alkanes) is 1. The van der Waals surface area contributed by atoms with Crippen molar-refractivity contribution < 1.29 is 14.3 Å². The molecule has 1 aromatic carbocycles. The molecule has 1 unspecified atom stereocenters. The van der Waals surface area contributed by atoms with E-state index in [9.17, 15) is 4.79 Å². The third-order valence-corrected chi connectivity index (χ3v) is 4.10. The Morgan fingerprint density at radius 2 is 2.24 bits per heavy atom. The van der Waals surface area contributed by atoms with Crippen molar-refractivity contribution in [1.82, 2.24) is 4.90 Å². The van der Waals surface area contributed by atoms with Crippen molar-refractivity contribution in [3.8, 4) is 11.8 Å². The second-order valence-electron chi connectivity index (χ2n) is 6.15. The van der Waals surface area contributed by atoms with Gasteiger partial charge in [0.25, 0.3) is 0 Å². The molecule has 1 atom stereocenters. The molecule has 1 N–H and O–H groups in total. The molecule has 25 heavy (non-hydrogen) atoms. The average molecular weight is 345 g/mol. The molecule has 136 valence electrons. The minimum atomic E-state index is -0.203. The monoisotopic (exact) mass is 345 g/mol. The summed E-state index contributed by atoms with van der Waals surface area (Å²) < 4.78 is 11.2. The van der Waals surface area contributed by atoms with Crippen LogP contribution in [0.3, 0.4) is 0 Å². The SMILES string of the molecule is CCCCOc1ccc(NC(=O)N(CCC#N)CC2CCCO2)cc1. The van der Waals surface area contributed by atoms with Gasteiger partial charge in [-0.05, 0) is 43.5 Å². The molecule has 0 bridgehead atoms. The van der Waals surface area contributed by atoms with Gasteiger partial charge in [0.15, 0.2) is 0 Å². The fourth-order valence-corrected chi connectivity index (χ4v) is 2.67. The van der Waals surface area contributed by atoms with Crippen LogP contribution in [0.15, 0.2) is 24.3 Å². The number of hydrogen-bond acceptors (Lipinski definition) is 4. The first-order valence-corrected chi connectivity index (χ1v) is 9.00. The van der Waals surface area contributed by atoms with Crippen LogP contribution >= 0.6 is 0 Å². The van der Waals surface area contributed by atoms with Crippen LogP contribution in [-0.2, 0) is 4.74 Å². The third-order valence-electron chi connectivity index (χ3n) is 4.10. The molecular formula is C19H27N3O3. The lowest BCUT2D eigenvalue weighted by Gasteiger charge is -2.25. The Kier molecular flexibility index (Phi) is 8.06. The molecular weight excluding hydrogens is 318 g/mol. The first-order chi connectivity index (χ1) is 12.2. The van der Waals surface area contributed by atoms with Crippen LogP contribution in [0.4, 0.5) is 10.5 Å². The quantitative estimate of drug-likeness (QED) is 0.691. The van der Waals surface area contributed by atoms with E-state index in [1.54, 1.807) is 4.90 Å². The van der Waals surface area contributed by atoms with Gasteiger partial charge in [0.2, 0.25) is 0 Å². The van der Waals surface area contributed by atoms with Crippen LogP contribution in [0.25, 0.3) is 0 Å². The summed E-state index contributed by atoms with van der Waals surface area (Å²) in [5.41, 5.74) is 0.710. The summed E-state index contributed by atoms with van der Waals surface area (Å²) in [6, 6.07) is 9.25. The molecule has 1 aliphatic rings. The van der Waals surface area contributed by atoms with E-state index in [0.29, 0.717) is 31.8 Å². The number of anilines is 1. The summed E-state index contributed by atoms with van der Waals surface area (Å²) in [5, 5.41) is 11.7. The number of ether oxygens (including phenoxy) is 2. The molecule has 2 rings (SSSR count). The highest BCUT2D eigenvalue weighted by molar-refractivity contribution is 5.89. The molecule has 6 heteroatoms. The van der Waals surface area contributed by atoms with Crippen molar-refractivity contribution >= 4 is 11.7 Å². The molecule has 2 amide bonds. The number of amides is 2. The number of benzene rings is 1. The predicted octanol–water partition coefficient (Wildman–Crippen LogP) is 3.79. The van der Waals surface area contributed by atoms with Crippen LogP contribution in [0, 0.1) is 11.3 Å². The predicted molar refractivity (Wildman–Crippen MR) is 96.6 cm³/mol. The van der Waals surface area contributed by atoms with Crippen LogP contribution in [0.5, 0.6) is 5.75 Å². The maximum absolute atomic E-state index is 12.5. The highest BCUT2D eigenvalue weighted by Crippen LogP contribution is 2.18. The van der Waals surface area contributed by atoms with E-state index >= 15 is 0 Å². The van der Waals surface area contributed by atoms with Crippen molar-refractivity contribution in [2.24, 2.45) is 0 Å². The van der Waals surface area contributed by atoms with E-state index < -0.39 is 0 Å². The lowest BCUT2D eigenvalue weighted by Crippen LogP contribution is -2.40. The van der Waals surface area contributed by atoms with E-state index in [1.165, 1.54) is 0 Å². The second-order valence-corrected chi connectivity index (χ2v) is 6.15. The van der Waals surface area contributed by atoms with E-state index in [-0.39, 0.29) is 12.1 Å². The van der Waals surface area contributed by atoms with E-state index in [2.05, 4.69) is 18.3 Å². The molecule has 1 fully saturated rings. The second kappa shape index (κ2) is 10.6. The van der Waals surface area contributed by atoms with Crippen molar-refractivity contribution in [3.63, 3.8) is 0 Å². The summed E-state index contributed by atoms with van der Waals surface area (Å²) in [6.07, 6.45) is 4.48. The Balaban J connectivity index is 1.88.